The summed E-state index contributed by atoms with van der Waals surface area (Å²) in [6, 6.07) is 35.5. The minimum absolute atomic E-state index is 0.366. The first-order valence-electron chi connectivity index (χ1n) is 15.4. The van der Waals surface area contributed by atoms with Crippen molar-refractivity contribution in [2.24, 2.45) is 0 Å². The molecule has 4 atom stereocenters. The molecular weight excluding hydrogens is 589 g/mol. The second-order valence-corrected chi connectivity index (χ2v) is 14.2. The van der Waals surface area contributed by atoms with Crippen molar-refractivity contribution in [2.45, 2.75) is 44.0 Å². The lowest BCUT2D eigenvalue weighted by Crippen LogP contribution is -2.31. The second kappa shape index (κ2) is 12.8. The first-order chi connectivity index (χ1) is 21.7. The fourth-order valence-corrected chi connectivity index (χ4v) is 7.03. The highest BCUT2D eigenvalue weighted by atomic mass is 32.2. The zero-order valence-corrected chi connectivity index (χ0v) is 26.2. The SMILES string of the molecule is c1cc(-c2ccc(Sc3ccc(N(CC4CO4)CC4CO4)cc3)cc2)ccc1Sc1ccc(N(CC2CO2)CC2CO2)cc1. The van der Waals surface area contributed by atoms with Crippen LogP contribution >= 0.6 is 23.5 Å². The Kier molecular flexibility index (Phi) is 8.28. The Morgan fingerprint density at radius 3 is 0.909 bits per heavy atom. The molecule has 0 spiro atoms. The first-order valence-corrected chi connectivity index (χ1v) is 17.1. The van der Waals surface area contributed by atoms with Gasteiger partial charge in [0.25, 0.3) is 0 Å². The maximum atomic E-state index is 5.47. The highest BCUT2D eigenvalue weighted by Gasteiger charge is 2.32. The van der Waals surface area contributed by atoms with E-state index in [4.69, 9.17) is 18.9 Å². The summed E-state index contributed by atoms with van der Waals surface area (Å²) in [6.45, 7) is 7.24. The van der Waals surface area contributed by atoms with Crippen molar-refractivity contribution in [2.75, 3.05) is 62.4 Å². The Balaban J connectivity index is 0.858. The third kappa shape index (κ3) is 7.80. The van der Waals surface area contributed by atoms with Crippen molar-refractivity contribution < 1.29 is 18.9 Å². The average Bonchev–Trinajstić information content (AvgIpc) is 3.86. The molecule has 4 unspecified atom stereocenters. The molecule has 0 aromatic heterocycles. The maximum Gasteiger partial charge on any atom is 0.0984 e. The smallest absolute Gasteiger partial charge is 0.0984 e. The van der Waals surface area contributed by atoms with Crippen LogP contribution in [0.2, 0.25) is 0 Å². The fourth-order valence-electron chi connectivity index (χ4n) is 5.40. The van der Waals surface area contributed by atoms with Gasteiger partial charge in [0.05, 0.1) is 50.8 Å². The number of benzene rings is 4. The van der Waals surface area contributed by atoms with E-state index in [-0.39, 0.29) is 0 Å². The molecule has 0 saturated carbocycles. The number of hydrogen-bond donors (Lipinski definition) is 0. The lowest BCUT2D eigenvalue weighted by Gasteiger charge is -2.23. The molecule has 6 nitrogen and oxygen atoms in total. The summed E-state index contributed by atoms with van der Waals surface area (Å²) in [5, 5.41) is 0. The maximum absolute atomic E-state index is 5.47. The molecule has 0 aliphatic carbocycles. The summed E-state index contributed by atoms with van der Waals surface area (Å²) in [7, 11) is 0. The Bertz CT molecular complexity index is 1390. The molecule has 4 aliphatic heterocycles. The van der Waals surface area contributed by atoms with Crippen LogP contribution in [0.3, 0.4) is 0 Å². The Labute approximate surface area is 267 Å². The standard InChI is InChI=1S/C36H36N2O4S2/c1-9-33(43-35-13-5-27(6-14-35)37(17-29-21-39-29)18-30-22-40-30)10-2-25(1)26-3-11-34(12-4-26)44-36-15-7-28(8-16-36)38(19-31-23-41-31)20-32-24-42-32/h1-16,29-32H,17-24H2. The largest absolute Gasteiger partial charge is 0.371 e. The van der Waals surface area contributed by atoms with Gasteiger partial charge in [-0.05, 0) is 83.9 Å². The summed E-state index contributed by atoms with van der Waals surface area (Å²) in [5.74, 6) is 0. The number of ether oxygens (including phenoxy) is 4. The van der Waals surface area contributed by atoms with E-state index in [0.717, 1.165) is 52.6 Å². The van der Waals surface area contributed by atoms with Crippen LogP contribution in [-0.4, -0.2) is 77.0 Å². The van der Waals surface area contributed by atoms with Crippen LogP contribution in [0.5, 0.6) is 0 Å². The summed E-state index contributed by atoms with van der Waals surface area (Å²) >= 11 is 3.59. The quantitative estimate of drug-likeness (QED) is 0.133. The van der Waals surface area contributed by atoms with Gasteiger partial charge in [-0.25, -0.2) is 0 Å². The highest BCUT2D eigenvalue weighted by molar-refractivity contribution is 7.99. The summed E-state index contributed by atoms with van der Waals surface area (Å²) in [6.07, 6.45) is 1.47. The number of rotatable bonds is 15. The lowest BCUT2D eigenvalue weighted by atomic mass is 10.1. The molecule has 0 bridgehead atoms. The highest BCUT2D eigenvalue weighted by Crippen LogP contribution is 2.34. The van der Waals surface area contributed by atoms with Gasteiger partial charge in [0.2, 0.25) is 0 Å². The molecule has 226 valence electrons. The zero-order chi connectivity index (χ0) is 29.3. The van der Waals surface area contributed by atoms with Crippen molar-refractivity contribution in [3.63, 3.8) is 0 Å². The van der Waals surface area contributed by atoms with Crippen molar-refractivity contribution in [1.82, 2.24) is 0 Å². The number of nitrogens with zero attached hydrogens (tertiary/aromatic N) is 2. The van der Waals surface area contributed by atoms with Crippen LogP contribution in [0.1, 0.15) is 0 Å². The van der Waals surface area contributed by atoms with Crippen LogP contribution in [0.15, 0.2) is 117 Å². The van der Waals surface area contributed by atoms with Gasteiger partial charge < -0.3 is 28.7 Å². The van der Waals surface area contributed by atoms with Crippen molar-refractivity contribution >= 4 is 34.9 Å². The van der Waals surface area contributed by atoms with Crippen LogP contribution in [0.4, 0.5) is 11.4 Å². The molecule has 4 saturated heterocycles. The summed E-state index contributed by atoms with van der Waals surface area (Å²) < 4.78 is 21.9. The third-order valence-electron chi connectivity index (χ3n) is 8.22. The monoisotopic (exact) mass is 624 g/mol. The number of anilines is 2. The lowest BCUT2D eigenvalue weighted by molar-refractivity contribution is 0.388. The van der Waals surface area contributed by atoms with Gasteiger partial charge >= 0.3 is 0 Å². The van der Waals surface area contributed by atoms with Gasteiger partial charge in [-0.3, -0.25) is 0 Å². The molecular formula is C36H36N2O4S2. The molecule has 4 aromatic carbocycles. The molecule has 0 N–H and O–H groups in total. The Hall–Kier alpha value is -2.98. The van der Waals surface area contributed by atoms with Gasteiger partial charge in [-0.2, -0.15) is 0 Å². The predicted octanol–water partition coefficient (Wildman–Crippen LogP) is 6.86. The first kappa shape index (κ1) is 28.5. The van der Waals surface area contributed by atoms with E-state index in [1.165, 1.54) is 42.1 Å². The van der Waals surface area contributed by atoms with Gasteiger partial charge in [0, 0.05) is 57.1 Å². The molecule has 4 heterocycles. The van der Waals surface area contributed by atoms with Crippen LogP contribution in [0, 0.1) is 0 Å². The van der Waals surface area contributed by atoms with E-state index in [1.54, 1.807) is 23.5 Å². The van der Waals surface area contributed by atoms with Crippen molar-refractivity contribution in [3.8, 4) is 11.1 Å². The van der Waals surface area contributed by atoms with E-state index < -0.39 is 0 Å². The molecule has 8 rings (SSSR count). The molecule has 8 heteroatoms. The number of epoxide rings is 4. The van der Waals surface area contributed by atoms with Crippen molar-refractivity contribution in [1.29, 1.82) is 0 Å². The fraction of sp³-hybridized carbons (Fsp3) is 0.333. The Morgan fingerprint density at radius 2 is 0.659 bits per heavy atom. The van der Waals surface area contributed by atoms with E-state index in [1.807, 2.05) is 0 Å². The van der Waals surface area contributed by atoms with Gasteiger partial charge in [-0.1, -0.05) is 47.8 Å². The molecule has 0 radical (unpaired) electrons. The summed E-state index contributed by atoms with van der Waals surface area (Å²) in [5.41, 5.74) is 4.93. The molecule has 4 aliphatic rings. The van der Waals surface area contributed by atoms with Crippen molar-refractivity contribution in [3.05, 3.63) is 97.1 Å². The minimum atomic E-state index is 0.366. The van der Waals surface area contributed by atoms with Gasteiger partial charge in [0.1, 0.15) is 0 Å². The minimum Gasteiger partial charge on any atom is -0.371 e. The topological polar surface area (TPSA) is 56.6 Å². The summed E-state index contributed by atoms with van der Waals surface area (Å²) in [4.78, 5) is 9.74. The van der Waals surface area contributed by atoms with E-state index in [0.29, 0.717) is 24.4 Å². The predicted molar refractivity (Wildman–Crippen MR) is 176 cm³/mol. The Morgan fingerprint density at radius 1 is 0.409 bits per heavy atom. The van der Waals surface area contributed by atoms with Crippen LogP contribution in [-0.2, 0) is 18.9 Å². The molecule has 44 heavy (non-hydrogen) atoms. The zero-order valence-electron chi connectivity index (χ0n) is 24.5. The molecule has 4 aromatic rings. The van der Waals surface area contributed by atoms with E-state index in [2.05, 4.69) is 107 Å². The van der Waals surface area contributed by atoms with E-state index >= 15 is 0 Å². The second-order valence-electron chi connectivity index (χ2n) is 11.9. The van der Waals surface area contributed by atoms with Crippen LogP contribution in [0.25, 0.3) is 11.1 Å². The molecule has 4 fully saturated rings. The van der Waals surface area contributed by atoms with Crippen LogP contribution < -0.4 is 9.80 Å². The average molecular weight is 625 g/mol. The third-order valence-corrected chi connectivity index (χ3v) is 10.3. The normalized spacial score (nSPS) is 22.8. The van der Waals surface area contributed by atoms with E-state index in [9.17, 15) is 0 Å². The van der Waals surface area contributed by atoms with Gasteiger partial charge in [0.15, 0.2) is 0 Å². The number of hydrogen-bond acceptors (Lipinski definition) is 8. The van der Waals surface area contributed by atoms with Gasteiger partial charge in [-0.15, -0.1) is 0 Å². The molecule has 0 amide bonds.